The summed E-state index contributed by atoms with van der Waals surface area (Å²) in [5, 5.41) is 3.10. The number of hydrogen-bond acceptors (Lipinski definition) is 5. The molecule has 0 amide bonds. The number of aryl methyl sites for hydroxylation is 1. The van der Waals surface area contributed by atoms with Crippen LogP contribution in [0.25, 0.3) is 0 Å². The van der Waals surface area contributed by atoms with Crippen LogP contribution in [-0.2, 0) is 11.2 Å². The number of hydrogen-bond donors (Lipinski definition) is 1. The van der Waals surface area contributed by atoms with Gasteiger partial charge in [-0.05, 0) is 25.7 Å². The number of aromatic nitrogens is 2. The largest absolute Gasteiger partial charge is 0.477 e. The van der Waals surface area contributed by atoms with Crippen LogP contribution in [-0.4, -0.2) is 36.8 Å². The lowest BCUT2D eigenvalue weighted by Gasteiger charge is -2.22. The smallest absolute Gasteiger partial charge is 0.221 e. The standard InChI is InChI=1S/C14H23N3O2/c1-4-12-16-13(15-3)10(2)14(17-12)19-9-11-5-7-18-8-6-11/h11H,4-9H2,1-3H3,(H,15,16,17). The van der Waals surface area contributed by atoms with Crippen molar-refractivity contribution in [3.05, 3.63) is 11.4 Å². The molecule has 0 aliphatic carbocycles. The second kappa shape index (κ2) is 6.70. The van der Waals surface area contributed by atoms with Gasteiger partial charge in [0.05, 0.1) is 12.2 Å². The van der Waals surface area contributed by atoms with E-state index in [1.807, 2.05) is 20.9 Å². The molecule has 0 aromatic carbocycles. The molecule has 0 unspecified atom stereocenters. The van der Waals surface area contributed by atoms with Gasteiger partial charge in [-0.3, -0.25) is 0 Å². The summed E-state index contributed by atoms with van der Waals surface area (Å²) in [7, 11) is 1.87. The Morgan fingerprint density at radius 2 is 2.05 bits per heavy atom. The van der Waals surface area contributed by atoms with Crippen LogP contribution in [0.2, 0.25) is 0 Å². The highest BCUT2D eigenvalue weighted by Crippen LogP contribution is 2.23. The van der Waals surface area contributed by atoms with Crippen molar-refractivity contribution in [2.75, 3.05) is 32.2 Å². The maximum absolute atomic E-state index is 5.91. The molecule has 1 aromatic heterocycles. The molecule has 0 atom stereocenters. The van der Waals surface area contributed by atoms with Crippen LogP contribution in [0.1, 0.15) is 31.2 Å². The molecule has 0 radical (unpaired) electrons. The number of rotatable bonds is 5. The summed E-state index contributed by atoms with van der Waals surface area (Å²) in [6.07, 6.45) is 2.95. The van der Waals surface area contributed by atoms with Gasteiger partial charge in [0.25, 0.3) is 0 Å². The molecule has 0 saturated carbocycles. The number of nitrogens with one attached hydrogen (secondary N) is 1. The van der Waals surface area contributed by atoms with Crippen LogP contribution in [0, 0.1) is 12.8 Å². The summed E-state index contributed by atoms with van der Waals surface area (Å²) in [6.45, 7) is 6.45. The molecule has 0 spiro atoms. The third-order valence-electron chi connectivity index (χ3n) is 3.50. The van der Waals surface area contributed by atoms with Gasteiger partial charge in [0, 0.05) is 26.7 Å². The molecule has 1 saturated heterocycles. The predicted octanol–water partition coefficient (Wildman–Crippen LogP) is 2.19. The fourth-order valence-corrected chi connectivity index (χ4v) is 2.19. The first-order valence-corrected chi connectivity index (χ1v) is 7.00. The van der Waals surface area contributed by atoms with Gasteiger partial charge in [-0.15, -0.1) is 0 Å². The van der Waals surface area contributed by atoms with Gasteiger partial charge in [0.1, 0.15) is 11.6 Å². The molecule has 1 fully saturated rings. The van der Waals surface area contributed by atoms with Crippen molar-refractivity contribution in [1.29, 1.82) is 0 Å². The zero-order valence-corrected chi connectivity index (χ0v) is 12.0. The first-order chi connectivity index (χ1) is 9.24. The van der Waals surface area contributed by atoms with Crippen LogP contribution in [0.15, 0.2) is 0 Å². The van der Waals surface area contributed by atoms with Gasteiger partial charge < -0.3 is 14.8 Å². The van der Waals surface area contributed by atoms with Gasteiger partial charge in [-0.2, -0.15) is 4.98 Å². The number of anilines is 1. The van der Waals surface area contributed by atoms with E-state index in [-0.39, 0.29) is 0 Å². The van der Waals surface area contributed by atoms with Gasteiger partial charge in [-0.25, -0.2) is 4.98 Å². The molecule has 2 rings (SSSR count). The van der Waals surface area contributed by atoms with E-state index in [1.54, 1.807) is 0 Å². The summed E-state index contributed by atoms with van der Waals surface area (Å²) in [6, 6.07) is 0. The van der Waals surface area contributed by atoms with Crippen LogP contribution in [0.4, 0.5) is 5.82 Å². The van der Waals surface area contributed by atoms with Gasteiger partial charge in [0.2, 0.25) is 5.88 Å². The van der Waals surface area contributed by atoms with E-state index in [0.717, 1.165) is 49.7 Å². The monoisotopic (exact) mass is 265 g/mol. The third-order valence-corrected chi connectivity index (χ3v) is 3.50. The Morgan fingerprint density at radius 1 is 1.32 bits per heavy atom. The minimum Gasteiger partial charge on any atom is -0.477 e. The lowest BCUT2D eigenvalue weighted by Crippen LogP contribution is -2.22. The van der Waals surface area contributed by atoms with E-state index >= 15 is 0 Å². The lowest BCUT2D eigenvalue weighted by molar-refractivity contribution is 0.0489. The Hall–Kier alpha value is -1.36. The first kappa shape index (κ1) is 14.1. The minimum atomic E-state index is 0.575. The van der Waals surface area contributed by atoms with Crippen molar-refractivity contribution < 1.29 is 9.47 Å². The highest BCUT2D eigenvalue weighted by atomic mass is 16.5. The molecular weight excluding hydrogens is 242 g/mol. The quantitative estimate of drug-likeness (QED) is 0.884. The third kappa shape index (κ3) is 3.56. The van der Waals surface area contributed by atoms with Crippen LogP contribution < -0.4 is 10.1 Å². The van der Waals surface area contributed by atoms with E-state index in [4.69, 9.17) is 9.47 Å². The first-order valence-electron chi connectivity index (χ1n) is 7.00. The van der Waals surface area contributed by atoms with Gasteiger partial charge >= 0.3 is 0 Å². The normalized spacial score (nSPS) is 16.4. The SMILES string of the molecule is CCc1nc(NC)c(C)c(OCC2CCOCC2)n1. The van der Waals surface area contributed by atoms with E-state index in [1.165, 1.54) is 0 Å². The zero-order valence-electron chi connectivity index (χ0n) is 12.0. The van der Waals surface area contributed by atoms with E-state index < -0.39 is 0 Å². The maximum atomic E-state index is 5.91. The summed E-state index contributed by atoms with van der Waals surface area (Å²) < 4.78 is 11.3. The summed E-state index contributed by atoms with van der Waals surface area (Å²) in [5.41, 5.74) is 0.978. The molecular formula is C14H23N3O2. The maximum Gasteiger partial charge on any atom is 0.221 e. The Bertz CT molecular complexity index is 417. The fourth-order valence-electron chi connectivity index (χ4n) is 2.19. The van der Waals surface area contributed by atoms with Crippen molar-refractivity contribution in [3.8, 4) is 5.88 Å². The van der Waals surface area contributed by atoms with Crippen LogP contribution >= 0.6 is 0 Å². The van der Waals surface area contributed by atoms with E-state index in [9.17, 15) is 0 Å². The van der Waals surface area contributed by atoms with Crippen molar-refractivity contribution in [3.63, 3.8) is 0 Å². The molecule has 1 aromatic rings. The van der Waals surface area contributed by atoms with E-state index in [2.05, 4.69) is 15.3 Å². The highest BCUT2D eigenvalue weighted by Gasteiger charge is 2.16. The summed E-state index contributed by atoms with van der Waals surface area (Å²) in [5.74, 6) is 2.96. The van der Waals surface area contributed by atoms with Crippen molar-refractivity contribution in [1.82, 2.24) is 9.97 Å². The van der Waals surface area contributed by atoms with Crippen molar-refractivity contribution >= 4 is 5.82 Å². The van der Waals surface area contributed by atoms with Gasteiger partial charge in [0.15, 0.2) is 0 Å². The molecule has 5 nitrogen and oxygen atoms in total. The molecule has 19 heavy (non-hydrogen) atoms. The molecule has 2 heterocycles. The summed E-state index contributed by atoms with van der Waals surface area (Å²) >= 11 is 0. The van der Waals surface area contributed by atoms with Crippen molar-refractivity contribution in [2.45, 2.75) is 33.1 Å². The number of nitrogens with zero attached hydrogens (tertiary/aromatic N) is 2. The zero-order chi connectivity index (χ0) is 13.7. The average Bonchev–Trinajstić information content (AvgIpc) is 2.47. The number of ether oxygens (including phenoxy) is 2. The van der Waals surface area contributed by atoms with E-state index in [0.29, 0.717) is 18.4 Å². The minimum absolute atomic E-state index is 0.575. The van der Waals surface area contributed by atoms with Crippen molar-refractivity contribution in [2.24, 2.45) is 5.92 Å². The Morgan fingerprint density at radius 3 is 2.68 bits per heavy atom. The predicted molar refractivity (Wildman–Crippen MR) is 74.7 cm³/mol. The Kier molecular flexibility index (Phi) is 4.96. The van der Waals surface area contributed by atoms with Crippen LogP contribution in [0.3, 0.4) is 0 Å². The highest BCUT2D eigenvalue weighted by molar-refractivity contribution is 5.48. The molecule has 1 N–H and O–H groups in total. The molecule has 106 valence electrons. The summed E-state index contributed by atoms with van der Waals surface area (Å²) in [4.78, 5) is 8.92. The Labute approximate surface area is 114 Å². The second-order valence-electron chi connectivity index (χ2n) is 4.89. The molecule has 1 aliphatic rings. The lowest BCUT2D eigenvalue weighted by atomic mass is 10.0. The second-order valence-corrected chi connectivity index (χ2v) is 4.89. The topological polar surface area (TPSA) is 56.3 Å². The molecule has 1 aliphatic heterocycles. The van der Waals surface area contributed by atoms with Gasteiger partial charge in [-0.1, -0.05) is 6.92 Å². The average molecular weight is 265 g/mol. The molecule has 0 bridgehead atoms. The van der Waals surface area contributed by atoms with Crippen LogP contribution in [0.5, 0.6) is 5.88 Å². The molecule has 5 heteroatoms. The Balaban J connectivity index is 2.05. The fraction of sp³-hybridized carbons (Fsp3) is 0.714.